The van der Waals surface area contributed by atoms with Gasteiger partial charge in [0.2, 0.25) is 11.5 Å². The smallest absolute Gasteiger partial charge is 0.234 e. The average molecular weight is 554 g/mol. The van der Waals surface area contributed by atoms with E-state index < -0.39 is 0 Å². The second kappa shape index (κ2) is 9.26. The molecule has 9 rings (SSSR count). The highest BCUT2D eigenvalue weighted by Crippen LogP contribution is 2.36. The van der Waals surface area contributed by atoms with E-state index in [2.05, 4.69) is 63.6 Å². The van der Waals surface area contributed by atoms with Crippen molar-refractivity contribution < 1.29 is 4.42 Å². The lowest BCUT2D eigenvalue weighted by Crippen LogP contribution is -1.97. The molecule has 0 aliphatic rings. The highest BCUT2D eigenvalue weighted by molar-refractivity contribution is 6.05. The van der Waals surface area contributed by atoms with Gasteiger partial charge in [-0.05, 0) is 42.5 Å². The van der Waals surface area contributed by atoms with Crippen LogP contribution in [0.5, 0.6) is 0 Å². The van der Waals surface area contributed by atoms with Crippen molar-refractivity contribution in [3.05, 3.63) is 140 Å². The third kappa shape index (κ3) is 3.70. The standard InChI is InChI=1S/C37H23N5O/c1-4-12-24(13-5-1)29-23-30(39-35(38-29)25-14-6-2-7-15-25)26-20-21-31-32(22-26)41(27-16-8-3-9-17-27)37-40-34-28-18-10-11-19-33(28)43-36(34)42(31)37/h1-23H. The molecule has 4 heterocycles. The van der Waals surface area contributed by atoms with Crippen LogP contribution in [0.3, 0.4) is 0 Å². The van der Waals surface area contributed by atoms with Crippen LogP contribution in [0.15, 0.2) is 144 Å². The first-order valence-electron chi connectivity index (χ1n) is 14.2. The minimum absolute atomic E-state index is 0.689. The van der Waals surface area contributed by atoms with E-state index in [1.807, 2.05) is 84.9 Å². The number of hydrogen-bond donors (Lipinski definition) is 0. The number of rotatable bonds is 4. The molecule has 0 aliphatic carbocycles. The molecule has 0 N–H and O–H groups in total. The van der Waals surface area contributed by atoms with Gasteiger partial charge >= 0.3 is 0 Å². The molecular weight excluding hydrogens is 530 g/mol. The number of nitrogens with zero attached hydrogens (tertiary/aromatic N) is 5. The third-order valence-electron chi connectivity index (χ3n) is 7.96. The van der Waals surface area contributed by atoms with Gasteiger partial charge in [0.15, 0.2) is 5.82 Å². The van der Waals surface area contributed by atoms with E-state index in [1.54, 1.807) is 0 Å². The van der Waals surface area contributed by atoms with Crippen molar-refractivity contribution in [1.29, 1.82) is 0 Å². The zero-order chi connectivity index (χ0) is 28.3. The van der Waals surface area contributed by atoms with E-state index in [-0.39, 0.29) is 0 Å². The van der Waals surface area contributed by atoms with Crippen LogP contribution in [0, 0.1) is 0 Å². The molecule has 6 nitrogen and oxygen atoms in total. The second-order valence-corrected chi connectivity index (χ2v) is 10.6. The summed E-state index contributed by atoms with van der Waals surface area (Å²) in [7, 11) is 0. The van der Waals surface area contributed by atoms with Gasteiger partial charge in [-0.2, -0.15) is 0 Å². The lowest BCUT2D eigenvalue weighted by molar-refractivity contribution is 0.651. The van der Waals surface area contributed by atoms with Crippen LogP contribution in [0.2, 0.25) is 0 Å². The quantitative estimate of drug-likeness (QED) is 0.218. The Morgan fingerprint density at radius 1 is 0.512 bits per heavy atom. The first-order valence-corrected chi connectivity index (χ1v) is 14.2. The van der Waals surface area contributed by atoms with Gasteiger partial charge < -0.3 is 4.42 Å². The Morgan fingerprint density at radius 2 is 1.16 bits per heavy atom. The van der Waals surface area contributed by atoms with E-state index in [4.69, 9.17) is 19.4 Å². The Kier molecular flexibility index (Phi) is 5.10. The summed E-state index contributed by atoms with van der Waals surface area (Å²) in [6.07, 6.45) is 0. The maximum atomic E-state index is 6.37. The second-order valence-electron chi connectivity index (χ2n) is 10.6. The molecule has 0 radical (unpaired) electrons. The average Bonchev–Trinajstić information content (AvgIpc) is 3.72. The molecule has 4 aromatic heterocycles. The number of imidazole rings is 2. The van der Waals surface area contributed by atoms with Crippen molar-refractivity contribution in [2.24, 2.45) is 0 Å². The zero-order valence-corrected chi connectivity index (χ0v) is 22.9. The zero-order valence-electron chi connectivity index (χ0n) is 22.9. The molecule has 9 aromatic rings. The summed E-state index contributed by atoms with van der Waals surface area (Å²) in [5.74, 6) is 1.49. The molecule has 0 amide bonds. The summed E-state index contributed by atoms with van der Waals surface area (Å²) in [6.45, 7) is 0. The van der Waals surface area contributed by atoms with Crippen LogP contribution >= 0.6 is 0 Å². The Hall–Kier alpha value is -6.01. The Bertz CT molecular complexity index is 2380. The molecule has 0 fully saturated rings. The summed E-state index contributed by atoms with van der Waals surface area (Å²) >= 11 is 0. The SMILES string of the molecule is c1ccc(-c2cc(-c3ccc4c(c3)n(-c3ccccc3)c3nc5c6ccccc6oc5n43)nc(-c3ccccc3)n2)cc1. The largest absolute Gasteiger partial charge is 0.437 e. The lowest BCUT2D eigenvalue weighted by atomic mass is 10.1. The predicted octanol–water partition coefficient (Wildman–Crippen LogP) is 8.97. The van der Waals surface area contributed by atoms with E-state index >= 15 is 0 Å². The first kappa shape index (κ1) is 23.7. The molecule has 0 saturated heterocycles. The van der Waals surface area contributed by atoms with Gasteiger partial charge in [-0.1, -0.05) is 97.1 Å². The van der Waals surface area contributed by atoms with Crippen LogP contribution in [0.4, 0.5) is 0 Å². The van der Waals surface area contributed by atoms with Gasteiger partial charge in [-0.25, -0.2) is 19.4 Å². The van der Waals surface area contributed by atoms with Crippen molar-refractivity contribution in [2.45, 2.75) is 0 Å². The summed E-state index contributed by atoms with van der Waals surface area (Å²) in [4.78, 5) is 15.2. The topological polar surface area (TPSA) is 61.2 Å². The van der Waals surface area contributed by atoms with E-state index in [1.165, 1.54) is 0 Å². The molecule has 43 heavy (non-hydrogen) atoms. The van der Waals surface area contributed by atoms with Crippen LogP contribution in [-0.4, -0.2) is 23.9 Å². The molecule has 0 saturated carbocycles. The monoisotopic (exact) mass is 553 g/mol. The van der Waals surface area contributed by atoms with Gasteiger partial charge in [0.05, 0.1) is 22.4 Å². The van der Waals surface area contributed by atoms with Crippen molar-refractivity contribution in [2.75, 3.05) is 0 Å². The predicted molar refractivity (Wildman–Crippen MR) is 171 cm³/mol. The maximum Gasteiger partial charge on any atom is 0.234 e. The van der Waals surface area contributed by atoms with E-state index in [9.17, 15) is 0 Å². The molecule has 0 spiro atoms. The summed E-state index contributed by atoms with van der Waals surface area (Å²) < 4.78 is 10.7. The molecule has 0 atom stereocenters. The molecule has 5 aromatic carbocycles. The minimum Gasteiger partial charge on any atom is -0.437 e. The number of hydrogen-bond acceptors (Lipinski definition) is 4. The number of aromatic nitrogens is 5. The number of furan rings is 1. The van der Waals surface area contributed by atoms with Crippen LogP contribution in [-0.2, 0) is 0 Å². The minimum atomic E-state index is 0.689. The van der Waals surface area contributed by atoms with Gasteiger partial charge in [0, 0.05) is 27.8 Å². The number of para-hydroxylation sites is 2. The van der Waals surface area contributed by atoms with Crippen molar-refractivity contribution in [3.8, 4) is 39.6 Å². The lowest BCUT2D eigenvalue weighted by Gasteiger charge is -2.10. The molecule has 0 aliphatic heterocycles. The Labute approximate surface area is 246 Å². The molecule has 6 heteroatoms. The van der Waals surface area contributed by atoms with Crippen LogP contribution < -0.4 is 0 Å². The van der Waals surface area contributed by atoms with Gasteiger partial charge in [-0.15, -0.1) is 0 Å². The maximum absolute atomic E-state index is 6.37. The fourth-order valence-corrected chi connectivity index (χ4v) is 5.95. The summed E-state index contributed by atoms with van der Waals surface area (Å²) in [5, 5.41) is 1.01. The Balaban J connectivity index is 1.32. The summed E-state index contributed by atoms with van der Waals surface area (Å²) in [6, 6.07) is 47.3. The third-order valence-corrected chi connectivity index (χ3v) is 7.96. The highest BCUT2D eigenvalue weighted by atomic mass is 16.3. The van der Waals surface area contributed by atoms with Crippen LogP contribution in [0.25, 0.3) is 78.6 Å². The normalized spacial score (nSPS) is 11.7. The van der Waals surface area contributed by atoms with Gasteiger partial charge in [-0.3, -0.25) is 4.57 Å². The molecule has 0 unspecified atom stereocenters. The molecular formula is C37H23N5O. The number of benzene rings is 5. The first-order chi connectivity index (χ1) is 21.3. The van der Waals surface area contributed by atoms with Gasteiger partial charge in [0.25, 0.3) is 0 Å². The fourth-order valence-electron chi connectivity index (χ4n) is 5.95. The fraction of sp³-hybridized carbons (Fsp3) is 0. The van der Waals surface area contributed by atoms with Crippen molar-refractivity contribution in [1.82, 2.24) is 23.9 Å². The van der Waals surface area contributed by atoms with Crippen molar-refractivity contribution >= 4 is 39.0 Å². The van der Waals surface area contributed by atoms with E-state index in [0.29, 0.717) is 5.82 Å². The number of fused-ring (bicyclic) bond motifs is 7. The molecule has 202 valence electrons. The van der Waals surface area contributed by atoms with Crippen molar-refractivity contribution in [3.63, 3.8) is 0 Å². The molecule has 0 bridgehead atoms. The highest BCUT2D eigenvalue weighted by Gasteiger charge is 2.22. The Morgan fingerprint density at radius 3 is 1.93 bits per heavy atom. The van der Waals surface area contributed by atoms with Gasteiger partial charge in [0.1, 0.15) is 11.1 Å². The summed E-state index contributed by atoms with van der Waals surface area (Å²) in [5.41, 5.74) is 10.2. The van der Waals surface area contributed by atoms with E-state index in [0.717, 1.165) is 72.8 Å². The van der Waals surface area contributed by atoms with Crippen LogP contribution in [0.1, 0.15) is 0 Å².